The van der Waals surface area contributed by atoms with Gasteiger partial charge in [0.05, 0.1) is 18.7 Å². The zero-order chi connectivity index (χ0) is 15.3. The van der Waals surface area contributed by atoms with Gasteiger partial charge in [-0.3, -0.25) is 4.79 Å². The summed E-state index contributed by atoms with van der Waals surface area (Å²) >= 11 is 1.43. The molecule has 0 aliphatic carbocycles. The van der Waals surface area contributed by atoms with Crippen molar-refractivity contribution in [1.82, 2.24) is 10.3 Å². The lowest BCUT2D eigenvalue weighted by Gasteiger charge is -2.06. The summed E-state index contributed by atoms with van der Waals surface area (Å²) in [7, 11) is 0. The molecule has 0 aliphatic heterocycles. The summed E-state index contributed by atoms with van der Waals surface area (Å²) in [6.07, 6.45) is -5.97. The smallest absolute Gasteiger partial charge is 0.350 e. The molecule has 21 heavy (non-hydrogen) atoms. The first kappa shape index (κ1) is 15.5. The Bertz CT molecular complexity index is 596. The predicted octanol–water partition coefficient (Wildman–Crippen LogP) is 3.77. The second kappa shape index (κ2) is 6.71. The Hall–Kier alpha value is -1.89. The topological polar surface area (TPSA) is 42.0 Å². The maximum atomic E-state index is 12.0. The number of nitrogens with zero attached hydrogens (tertiary/aromatic N) is 1. The molecule has 2 aromatic rings. The third-order valence-corrected chi connectivity index (χ3v) is 3.61. The van der Waals surface area contributed by atoms with Crippen molar-refractivity contribution in [3.05, 3.63) is 41.4 Å². The van der Waals surface area contributed by atoms with Gasteiger partial charge in [-0.15, -0.1) is 11.3 Å². The van der Waals surface area contributed by atoms with Gasteiger partial charge in [0.25, 0.3) is 0 Å². The fraction of sp³-hybridized carbons (Fsp3) is 0.286. The van der Waals surface area contributed by atoms with Gasteiger partial charge < -0.3 is 5.32 Å². The molecule has 7 heteroatoms. The third-order valence-electron chi connectivity index (χ3n) is 2.67. The minimum absolute atomic E-state index is 0.139. The van der Waals surface area contributed by atoms with E-state index in [1.807, 2.05) is 30.3 Å². The van der Waals surface area contributed by atoms with E-state index in [1.165, 1.54) is 11.3 Å². The van der Waals surface area contributed by atoms with Crippen LogP contribution >= 0.6 is 11.3 Å². The number of nitrogens with one attached hydrogen (secondary N) is 1. The average molecular weight is 314 g/mol. The zero-order valence-electron chi connectivity index (χ0n) is 11.0. The van der Waals surface area contributed by atoms with Crippen molar-refractivity contribution < 1.29 is 18.0 Å². The van der Waals surface area contributed by atoms with E-state index in [9.17, 15) is 18.0 Å². The molecule has 0 radical (unpaired) electrons. The maximum absolute atomic E-state index is 12.0. The van der Waals surface area contributed by atoms with E-state index in [4.69, 9.17) is 0 Å². The van der Waals surface area contributed by atoms with Gasteiger partial charge in [0.1, 0.15) is 5.01 Å². The van der Waals surface area contributed by atoms with Crippen LogP contribution < -0.4 is 5.32 Å². The lowest BCUT2D eigenvalue weighted by Crippen LogP contribution is -2.24. The molecule has 0 saturated carbocycles. The molecule has 0 aliphatic rings. The van der Waals surface area contributed by atoms with Crippen molar-refractivity contribution in [2.45, 2.75) is 25.6 Å². The van der Waals surface area contributed by atoms with Gasteiger partial charge in [-0.2, -0.15) is 13.2 Å². The van der Waals surface area contributed by atoms with E-state index in [-0.39, 0.29) is 6.54 Å². The van der Waals surface area contributed by atoms with Crippen LogP contribution in [0.1, 0.15) is 18.5 Å². The van der Waals surface area contributed by atoms with Crippen molar-refractivity contribution in [3.8, 4) is 10.6 Å². The first-order chi connectivity index (χ1) is 9.94. The Morgan fingerprint density at radius 2 is 1.95 bits per heavy atom. The van der Waals surface area contributed by atoms with Crippen LogP contribution in [0.4, 0.5) is 13.2 Å². The Kier molecular flexibility index (Phi) is 4.95. The molecule has 0 spiro atoms. The van der Waals surface area contributed by atoms with Crippen molar-refractivity contribution >= 4 is 17.2 Å². The highest BCUT2D eigenvalue weighted by molar-refractivity contribution is 7.13. The number of carbonyl (C=O) groups is 1. The van der Waals surface area contributed by atoms with Gasteiger partial charge in [0, 0.05) is 17.4 Å². The van der Waals surface area contributed by atoms with Gasteiger partial charge in [0.15, 0.2) is 0 Å². The molecule has 0 saturated heterocycles. The van der Waals surface area contributed by atoms with E-state index in [1.54, 1.807) is 5.38 Å². The number of rotatable bonds is 5. The Morgan fingerprint density at radius 3 is 2.62 bits per heavy atom. The van der Waals surface area contributed by atoms with Crippen LogP contribution in [-0.2, 0) is 11.3 Å². The fourth-order valence-corrected chi connectivity index (χ4v) is 2.46. The highest BCUT2D eigenvalue weighted by atomic mass is 32.1. The van der Waals surface area contributed by atoms with E-state index in [0.717, 1.165) is 10.6 Å². The van der Waals surface area contributed by atoms with Crippen LogP contribution in [0.3, 0.4) is 0 Å². The molecule has 1 heterocycles. The molecule has 3 nitrogen and oxygen atoms in total. The van der Waals surface area contributed by atoms with Crippen LogP contribution in [0.15, 0.2) is 35.7 Å². The summed E-state index contributed by atoms with van der Waals surface area (Å²) in [5.74, 6) is -0.624. The van der Waals surface area contributed by atoms with Crippen LogP contribution in [0.5, 0.6) is 0 Å². The monoisotopic (exact) mass is 314 g/mol. The number of benzene rings is 1. The van der Waals surface area contributed by atoms with Crippen molar-refractivity contribution in [2.24, 2.45) is 0 Å². The quantitative estimate of drug-likeness (QED) is 0.913. The molecule has 0 bridgehead atoms. The van der Waals surface area contributed by atoms with Gasteiger partial charge in [-0.05, 0) is 0 Å². The molecule has 1 amide bonds. The Labute approximate surface area is 123 Å². The number of aromatic nitrogens is 1. The van der Waals surface area contributed by atoms with Crippen LogP contribution in [0.2, 0.25) is 0 Å². The minimum atomic E-state index is -4.31. The van der Waals surface area contributed by atoms with E-state index in [0.29, 0.717) is 5.69 Å². The highest BCUT2D eigenvalue weighted by Crippen LogP contribution is 2.23. The van der Waals surface area contributed by atoms with Crippen LogP contribution in [0.25, 0.3) is 10.6 Å². The molecule has 1 aromatic heterocycles. The van der Waals surface area contributed by atoms with Crippen LogP contribution in [-0.4, -0.2) is 17.1 Å². The largest absolute Gasteiger partial charge is 0.389 e. The van der Waals surface area contributed by atoms with Gasteiger partial charge in [-0.25, -0.2) is 4.98 Å². The number of halogens is 3. The lowest BCUT2D eigenvalue weighted by molar-refractivity contribution is -0.144. The third kappa shape index (κ3) is 5.18. The number of hydrogen-bond acceptors (Lipinski definition) is 3. The average Bonchev–Trinajstić information content (AvgIpc) is 2.92. The van der Waals surface area contributed by atoms with Gasteiger partial charge in [-0.1, -0.05) is 30.3 Å². The Morgan fingerprint density at radius 1 is 1.24 bits per heavy atom. The normalized spacial score (nSPS) is 11.4. The lowest BCUT2D eigenvalue weighted by atomic mass is 10.2. The number of alkyl halides is 3. The van der Waals surface area contributed by atoms with E-state index < -0.39 is 24.9 Å². The fourth-order valence-electron chi connectivity index (χ4n) is 1.63. The molecule has 2 rings (SSSR count). The van der Waals surface area contributed by atoms with Crippen molar-refractivity contribution in [1.29, 1.82) is 0 Å². The highest BCUT2D eigenvalue weighted by Gasteiger charge is 2.27. The first-order valence-electron chi connectivity index (χ1n) is 6.27. The van der Waals surface area contributed by atoms with E-state index >= 15 is 0 Å². The van der Waals surface area contributed by atoms with Crippen molar-refractivity contribution in [3.63, 3.8) is 0 Å². The summed E-state index contributed by atoms with van der Waals surface area (Å²) in [6, 6.07) is 9.54. The molecule has 1 aromatic carbocycles. The van der Waals surface area contributed by atoms with Crippen molar-refractivity contribution in [2.75, 3.05) is 0 Å². The second-order valence-electron chi connectivity index (χ2n) is 4.40. The zero-order valence-corrected chi connectivity index (χ0v) is 11.8. The number of hydrogen-bond donors (Lipinski definition) is 1. The number of amides is 1. The van der Waals surface area contributed by atoms with Gasteiger partial charge >= 0.3 is 6.18 Å². The standard InChI is InChI=1S/C14H13F3N2OS/c15-14(16,17)7-6-12(20)18-8-11-9-21-13(19-11)10-4-2-1-3-5-10/h1-5,9H,6-8H2,(H,18,20). The summed E-state index contributed by atoms with van der Waals surface area (Å²) in [6.45, 7) is 0.139. The summed E-state index contributed by atoms with van der Waals surface area (Å²) < 4.78 is 35.9. The molecule has 1 N–H and O–H groups in total. The summed E-state index contributed by atoms with van der Waals surface area (Å²) in [5.41, 5.74) is 1.61. The molecule has 0 fully saturated rings. The van der Waals surface area contributed by atoms with Crippen LogP contribution in [0, 0.1) is 0 Å². The summed E-state index contributed by atoms with van der Waals surface area (Å²) in [5, 5.41) is 5.04. The molecule has 0 unspecified atom stereocenters. The van der Waals surface area contributed by atoms with Gasteiger partial charge in [0.2, 0.25) is 5.91 Å². The SMILES string of the molecule is O=C(CCC(F)(F)F)NCc1csc(-c2ccccc2)n1. The number of thiazole rings is 1. The second-order valence-corrected chi connectivity index (χ2v) is 5.26. The first-order valence-corrected chi connectivity index (χ1v) is 7.15. The Balaban J connectivity index is 1.85. The summed E-state index contributed by atoms with van der Waals surface area (Å²) in [4.78, 5) is 15.6. The molecule has 0 atom stereocenters. The molecular formula is C14H13F3N2OS. The molecular weight excluding hydrogens is 301 g/mol. The maximum Gasteiger partial charge on any atom is 0.389 e. The number of carbonyl (C=O) groups excluding carboxylic acids is 1. The predicted molar refractivity (Wildman–Crippen MR) is 74.7 cm³/mol. The minimum Gasteiger partial charge on any atom is -0.350 e. The van der Waals surface area contributed by atoms with E-state index in [2.05, 4.69) is 10.3 Å². The molecule has 112 valence electrons.